The van der Waals surface area contributed by atoms with Crippen LogP contribution in [0.1, 0.15) is 52.0 Å². The first kappa shape index (κ1) is 17.2. The minimum Gasteiger partial charge on any atom is -0.481 e. The first-order valence-electron chi connectivity index (χ1n) is 7.42. The normalized spacial score (nSPS) is 13.8. The van der Waals surface area contributed by atoms with E-state index in [-0.39, 0.29) is 5.91 Å². The van der Waals surface area contributed by atoms with Gasteiger partial charge in [-0.05, 0) is 42.9 Å². The molecule has 0 aromatic heterocycles. The molecule has 1 aromatic rings. The Morgan fingerprint density at radius 3 is 2.14 bits per heavy atom. The van der Waals surface area contributed by atoms with Crippen molar-refractivity contribution in [3.63, 3.8) is 0 Å². The van der Waals surface area contributed by atoms with Gasteiger partial charge in [0, 0.05) is 12.1 Å². The average Bonchev–Trinajstić information content (AvgIpc) is 2.37. The molecule has 0 heterocycles. The van der Waals surface area contributed by atoms with E-state index in [0.717, 1.165) is 12.0 Å². The van der Waals surface area contributed by atoms with Gasteiger partial charge in [-0.25, -0.2) is 0 Å². The molecule has 4 heteroatoms. The summed E-state index contributed by atoms with van der Waals surface area (Å²) in [5.74, 6) is -0.446. The summed E-state index contributed by atoms with van der Waals surface area (Å²) in [7, 11) is 0. The molecule has 0 aliphatic heterocycles. The lowest BCUT2D eigenvalue weighted by molar-refractivity contribution is -0.138. The Morgan fingerprint density at radius 2 is 1.67 bits per heavy atom. The van der Waals surface area contributed by atoms with Gasteiger partial charge in [-0.2, -0.15) is 0 Å². The van der Waals surface area contributed by atoms with Crippen molar-refractivity contribution in [3.05, 3.63) is 29.8 Å². The number of hydrogen-bond donors (Lipinski definition) is 2. The van der Waals surface area contributed by atoms with Crippen molar-refractivity contribution in [1.82, 2.24) is 0 Å². The number of benzene rings is 1. The zero-order chi connectivity index (χ0) is 16.0. The fourth-order valence-electron chi connectivity index (χ4n) is 2.41. The van der Waals surface area contributed by atoms with Crippen molar-refractivity contribution in [2.45, 2.75) is 46.5 Å². The van der Waals surface area contributed by atoms with E-state index >= 15 is 0 Å². The number of amides is 1. The molecule has 0 fully saturated rings. The molecule has 116 valence electrons. The lowest BCUT2D eigenvalue weighted by Gasteiger charge is -2.14. The van der Waals surface area contributed by atoms with Crippen LogP contribution < -0.4 is 5.32 Å². The van der Waals surface area contributed by atoms with Gasteiger partial charge in [0.05, 0.1) is 5.92 Å². The van der Waals surface area contributed by atoms with Gasteiger partial charge >= 0.3 is 5.97 Å². The monoisotopic (exact) mass is 291 g/mol. The molecule has 0 saturated heterocycles. The molecule has 2 N–H and O–H groups in total. The summed E-state index contributed by atoms with van der Waals surface area (Å²) in [4.78, 5) is 22.8. The maximum atomic E-state index is 11.9. The number of carboxylic acids is 1. The molecule has 0 bridgehead atoms. The Bertz CT molecular complexity index is 479. The van der Waals surface area contributed by atoms with Crippen LogP contribution in [0.4, 0.5) is 5.69 Å². The lowest BCUT2D eigenvalue weighted by Crippen LogP contribution is -2.16. The predicted octanol–water partition coefficient (Wildman–Crippen LogP) is 3.89. The van der Waals surface area contributed by atoms with Gasteiger partial charge in [-0.15, -0.1) is 0 Å². The van der Waals surface area contributed by atoms with Gasteiger partial charge in [0.15, 0.2) is 0 Å². The molecule has 4 nitrogen and oxygen atoms in total. The van der Waals surface area contributed by atoms with E-state index in [1.54, 1.807) is 31.2 Å². The summed E-state index contributed by atoms with van der Waals surface area (Å²) in [6.45, 7) is 8.02. The molecule has 21 heavy (non-hydrogen) atoms. The maximum Gasteiger partial charge on any atom is 0.310 e. The highest BCUT2D eigenvalue weighted by Gasteiger charge is 2.14. The predicted molar refractivity (Wildman–Crippen MR) is 84.4 cm³/mol. The largest absolute Gasteiger partial charge is 0.481 e. The first-order chi connectivity index (χ1) is 9.79. The van der Waals surface area contributed by atoms with Gasteiger partial charge in [-0.3, -0.25) is 9.59 Å². The van der Waals surface area contributed by atoms with E-state index in [1.807, 2.05) is 0 Å². The Kier molecular flexibility index (Phi) is 6.40. The van der Waals surface area contributed by atoms with Gasteiger partial charge in [0.25, 0.3) is 0 Å². The Balaban J connectivity index is 2.55. The molecule has 0 aliphatic rings. The fourth-order valence-corrected chi connectivity index (χ4v) is 2.41. The zero-order valence-corrected chi connectivity index (χ0v) is 13.2. The average molecular weight is 291 g/mol. The number of carbonyl (C=O) groups excluding carboxylic acids is 1. The Hall–Kier alpha value is -1.84. The van der Waals surface area contributed by atoms with Crippen molar-refractivity contribution >= 4 is 17.6 Å². The topological polar surface area (TPSA) is 66.4 Å². The summed E-state index contributed by atoms with van der Waals surface area (Å²) >= 11 is 0. The smallest absolute Gasteiger partial charge is 0.310 e. The summed E-state index contributed by atoms with van der Waals surface area (Å²) in [6, 6.07) is 6.98. The van der Waals surface area contributed by atoms with Crippen LogP contribution in [0, 0.1) is 11.8 Å². The minimum absolute atomic E-state index is 0.00202. The number of nitrogens with one attached hydrogen (secondary N) is 1. The number of rotatable bonds is 7. The van der Waals surface area contributed by atoms with Crippen LogP contribution in [0.2, 0.25) is 0 Å². The van der Waals surface area contributed by atoms with Crippen molar-refractivity contribution in [2.75, 3.05) is 5.32 Å². The quantitative estimate of drug-likeness (QED) is 0.801. The Labute approximate surface area is 126 Å². The van der Waals surface area contributed by atoms with E-state index in [4.69, 9.17) is 5.11 Å². The number of carboxylic acid groups (broad SMARTS) is 1. The summed E-state index contributed by atoms with van der Waals surface area (Å²) in [5.41, 5.74) is 1.44. The second-order valence-electron chi connectivity index (χ2n) is 6.17. The summed E-state index contributed by atoms with van der Waals surface area (Å²) in [5, 5.41) is 11.8. The highest BCUT2D eigenvalue weighted by atomic mass is 16.4. The SMILES string of the molecule is CC(C)CC(C)CC(=O)Nc1ccc(C(C)C(=O)O)cc1. The molecule has 0 aliphatic carbocycles. The van der Waals surface area contributed by atoms with Crippen LogP contribution in [0.5, 0.6) is 0 Å². The van der Waals surface area contributed by atoms with E-state index in [2.05, 4.69) is 26.1 Å². The van der Waals surface area contributed by atoms with Crippen LogP contribution in [-0.4, -0.2) is 17.0 Å². The molecule has 0 radical (unpaired) electrons. The molecular formula is C17H25NO3. The molecule has 1 rings (SSSR count). The lowest BCUT2D eigenvalue weighted by atomic mass is 9.96. The van der Waals surface area contributed by atoms with Crippen LogP contribution in [-0.2, 0) is 9.59 Å². The fraction of sp³-hybridized carbons (Fsp3) is 0.529. The van der Waals surface area contributed by atoms with Crippen molar-refractivity contribution in [2.24, 2.45) is 11.8 Å². The van der Waals surface area contributed by atoms with E-state index in [0.29, 0.717) is 23.9 Å². The molecule has 2 atom stereocenters. The third kappa shape index (κ3) is 5.98. The molecule has 0 spiro atoms. The summed E-state index contributed by atoms with van der Waals surface area (Å²) < 4.78 is 0. The zero-order valence-electron chi connectivity index (χ0n) is 13.2. The van der Waals surface area contributed by atoms with Gasteiger partial charge in [0.2, 0.25) is 5.91 Å². The number of carbonyl (C=O) groups is 2. The summed E-state index contributed by atoms with van der Waals surface area (Å²) in [6.07, 6.45) is 1.54. The third-order valence-corrected chi connectivity index (χ3v) is 3.47. The van der Waals surface area contributed by atoms with Crippen LogP contribution in [0.3, 0.4) is 0 Å². The van der Waals surface area contributed by atoms with Crippen LogP contribution >= 0.6 is 0 Å². The highest BCUT2D eigenvalue weighted by Crippen LogP contribution is 2.19. The number of aliphatic carboxylic acids is 1. The maximum absolute atomic E-state index is 11.9. The van der Waals surface area contributed by atoms with E-state index in [1.165, 1.54) is 0 Å². The third-order valence-electron chi connectivity index (χ3n) is 3.47. The van der Waals surface area contributed by atoms with Crippen molar-refractivity contribution < 1.29 is 14.7 Å². The second-order valence-corrected chi connectivity index (χ2v) is 6.17. The molecular weight excluding hydrogens is 266 g/mol. The van der Waals surface area contributed by atoms with Crippen molar-refractivity contribution in [3.8, 4) is 0 Å². The molecule has 2 unspecified atom stereocenters. The van der Waals surface area contributed by atoms with Gasteiger partial charge in [0.1, 0.15) is 0 Å². The first-order valence-corrected chi connectivity index (χ1v) is 7.42. The second kappa shape index (κ2) is 7.81. The number of anilines is 1. The Morgan fingerprint density at radius 1 is 1.10 bits per heavy atom. The number of hydrogen-bond acceptors (Lipinski definition) is 2. The molecule has 0 saturated carbocycles. The minimum atomic E-state index is -0.853. The van der Waals surface area contributed by atoms with Crippen LogP contribution in [0.25, 0.3) is 0 Å². The van der Waals surface area contributed by atoms with Crippen molar-refractivity contribution in [1.29, 1.82) is 0 Å². The van der Waals surface area contributed by atoms with Gasteiger partial charge in [-0.1, -0.05) is 32.9 Å². The van der Waals surface area contributed by atoms with Crippen LogP contribution in [0.15, 0.2) is 24.3 Å². The highest BCUT2D eigenvalue weighted by molar-refractivity contribution is 5.90. The van der Waals surface area contributed by atoms with Gasteiger partial charge < -0.3 is 10.4 Å². The molecule has 1 amide bonds. The van der Waals surface area contributed by atoms with E-state index in [9.17, 15) is 9.59 Å². The standard InChI is InChI=1S/C17H25NO3/c1-11(2)9-12(3)10-16(19)18-15-7-5-14(6-8-15)13(4)17(20)21/h5-8,11-13H,9-10H2,1-4H3,(H,18,19)(H,20,21). The molecule has 1 aromatic carbocycles. The van der Waals surface area contributed by atoms with E-state index < -0.39 is 11.9 Å².